The topological polar surface area (TPSA) is 41.0 Å². The van der Waals surface area contributed by atoms with Crippen molar-refractivity contribution in [1.29, 1.82) is 0 Å². The van der Waals surface area contributed by atoms with Crippen molar-refractivity contribution in [3.63, 3.8) is 0 Å². The Hall–Kier alpha value is -1.68. The molecule has 3 heterocycles. The molecule has 1 N–H and O–H groups in total. The van der Waals surface area contributed by atoms with Crippen molar-refractivity contribution in [2.75, 3.05) is 25.0 Å². The minimum atomic E-state index is 0.657. The first-order valence-electron chi connectivity index (χ1n) is 6.92. The molecule has 0 saturated carbocycles. The average Bonchev–Trinajstić information content (AvgIpc) is 2.46. The van der Waals surface area contributed by atoms with Gasteiger partial charge >= 0.3 is 0 Å². The van der Waals surface area contributed by atoms with Gasteiger partial charge in [-0.2, -0.15) is 0 Å². The lowest BCUT2D eigenvalue weighted by atomic mass is 10.0. The molecule has 2 aromatic rings. The fraction of sp³-hybridized carbons (Fsp3) is 0.467. The zero-order chi connectivity index (χ0) is 13.2. The Bertz CT molecular complexity index is 573. The van der Waals surface area contributed by atoms with Crippen LogP contribution < -0.4 is 10.2 Å². The highest BCUT2D eigenvalue weighted by Crippen LogP contribution is 2.22. The summed E-state index contributed by atoms with van der Waals surface area (Å²) in [7, 11) is 2.05. The minimum absolute atomic E-state index is 0.657. The van der Waals surface area contributed by atoms with Crippen LogP contribution in [0.2, 0.25) is 0 Å². The second kappa shape index (κ2) is 5.13. The first kappa shape index (κ1) is 12.4. The summed E-state index contributed by atoms with van der Waals surface area (Å²) in [6, 6.07) is 6.86. The Morgan fingerprint density at radius 2 is 2.00 bits per heavy atom. The molecule has 0 unspecified atom stereocenters. The number of hydrogen-bond acceptors (Lipinski definition) is 4. The third-order valence-corrected chi connectivity index (χ3v) is 3.93. The van der Waals surface area contributed by atoms with Gasteiger partial charge in [-0.1, -0.05) is 0 Å². The summed E-state index contributed by atoms with van der Waals surface area (Å²) in [5.74, 6) is 0. The average molecular weight is 256 g/mol. The maximum Gasteiger partial charge on any atom is 0.0910 e. The van der Waals surface area contributed by atoms with Crippen LogP contribution in [0.3, 0.4) is 0 Å². The van der Waals surface area contributed by atoms with Crippen molar-refractivity contribution in [1.82, 2.24) is 15.3 Å². The van der Waals surface area contributed by atoms with Crippen LogP contribution in [0.15, 0.2) is 24.4 Å². The van der Waals surface area contributed by atoms with Crippen molar-refractivity contribution < 1.29 is 0 Å². The zero-order valence-corrected chi connectivity index (χ0v) is 11.6. The normalized spacial score (nSPS) is 17.1. The second-order valence-corrected chi connectivity index (χ2v) is 5.23. The molecule has 1 aliphatic rings. The number of nitrogens with zero attached hydrogens (tertiary/aromatic N) is 3. The van der Waals surface area contributed by atoms with Crippen molar-refractivity contribution in [2.24, 2.45) is 0 Å². The Balaban J connectivity index is 1.85. The first-order chi connectivity index (χ1) is 9.26. The van der Waals surface area contributed by atoms with E-state index in [1.165, 1.54) is 18.5 Å². The highest BCUT2D eigenvalue weighted by molar-refractivity contribution is 5.77. The van der Waals surface area contributed by atoms with E-state index in [1.807, 2.05) is 32.3 Å². The van der Waals surface area contributed by atoms with Crippen LogP contribution in [0.5, 0.6) is 0 Å². The van der Waals surface area contributed by atoms with E-state index < -0.39 is 0 Å². The molecule has 1 aliphatic heterocycles. The first-order valence-corrected chi connectivity index (χ1v) is 6.92. The third-order valence-electron chi connectivity index (χ3n) is 3.93. The molecule has 4 nitrogen and oxygen atoms in total. The Morgan fingerprint density at radius 1 is 1.21 bits per heavy atom. The Kier molecular flexibility index (Phi) is 3.34. The van der Waals surface area contributed by atoms with Gasteiger partial charge in [-0.15, -0.1) is 0 Å². The zero-order valence-electron chi connectivity index (χ0n) is 11.6. The summed E-state index contributed by atoms with van der Waals surface area (Å²) < 4.78 is 0. The number of aryl methyl sites for hydroxylation is 1. The number of hydrogen-bond donors (Lipinski definition) is 1. The largest absolute Gasteiger partial charge is 0.370 e. The number of fused-ring (bicyclic) bond motifs is 1. The van der Waals surface area contributed by atoms with E-state index in [2.05, 4.69) is 26.3 Å². The summed E-state index contributed by atoms with van der Waals surface area (Å²) >= 11 is 0. The van der Waals surface area contributed by atoms with Crippen LogP contribution in [0.25, 0.3) is 11.0 Å². The monoisotopic (exact) mass is 256 g/mol. The molecule has 0 amide bonds. The maximum atomic E-state index is 4.56. The standard InChI is InChI=1S/C15H20N4/c1-11-3-4-14-15(18-11)9-13(10-17-14)19-7-5-12(16-2)6-8-19/h3-4,9-10,12,16H,5-8H2,1-2H3. The van der Waals surface area contributed by atoms with Gasteiger partial charge in [0.05, 0.1) is 22.9 Å². The van der Waals surface area contributed by atoms with Crippen LogP contribution in [0, 0.1) is 6.92 Å². The Morgan fingerprint density at radius 3 is 2.74 bits per heavy atom. The highest BCUT2D eigenvalue weighted by Gasteiger charge is 2.18. The van der Waals surface area contributed by atoms with Crippen LogP contribution in [-0.2, 0) is 0 Å². The quantitative estimate of drug-likeness (QED) is 0.893. The van der Waals surface area contributed by atoms with Crippen molar-refractivity contribution in [3.05, 3.63) is 30.1 Å². The van der Waals surface area contributed by atoms with Crippen LogP contribution in [0.1, 0.15) is 18.5 Å². The van der Waals surface area contributed by atoms with E-state index in [1.54, 1.807) is 0 Å². The molecular weight excluding hydrogens is 236 g/mol. The molecule has 0 atom stereocenters. The van der Waals surface area contributed by atoms with Crippen LogP contribution in [0.4, 0.5) is 5.69 Å². The van der Waals surface area contributed by atoms with Crippen molar-refractivity contribution in [2.45, 2.75) is 25.8 Å². The molecule has 4 heteroatoms. The molecule has 1 fully saturated rings. The number of piperidine rings is 1. The van der Waals surface area contributed by atoms with Gasteiger partial charge in [-0.25, -0.2) is 0 Å². The van der Waals surface area contributed by atoms with E-state index >= 15 is 0 Å². The van der Waals surface area contributed by atoms with E-state index in [0.717, 1.165) is 29.8 Å². The van der Waals surface area contributed by atoms with Crippen molar-refractivity contribution in [3.8, 4) is 0 Å². The summed E-state index contributed by atoms with van der Waals surface area (Å²) in [5.41, 5.74) is 4.20. The van der Waals surface area contributed by atoms with Crippen LogP contribution in [-0.4, -0.2) is 36.1 Å². The van der Waals surface area contributed by atoms with Gasteiger partial charge in [0.25, 0.3) is 0 Å². The highest BCUT2D eigenvalue weighted by atomic mass is 15.2. The molecule has 0 bridgehead atoms. The number of nitrogens with one attached hydrogen (secondary N) is 1. The van der Waals surface area contributed by atoms with E-state index in [0.29, 0.717) is 6.04 Å². The molecule has 0 radical (unpaired) electrons. The van der Waals surface area contributed by atoms with E-state index in [9.17, 15) is 0 Å². The summed E-state index contributed by atoms with van der Waals surface area (Å²) in [6.45, 7) is 4.19. The smallest absolute Gasteiger partial charge is 0.0910 e. The van der Waals surface area contributed by atoms with E-state index in [-0.39, 0.29) is 0 Å². The predicted octanol–water partition coefficient (Wildman–Crippen LogP) is 2.13. The predicted molar refractivity (Wildman–Crippen MR) is 78.6 cm³/mol. The molecule has 2 aromatic heterocycles. The van der Waals surface area contributed by atoms with Crippen molar-refractivity contribution >= 4 is 16.7 Å². The lowest BCUT2D eigenvalue weighted by Gasteiger charge is -2.33. The second-order valence-electron chi connectivity index (χ2n) is 5.23. The molecule has 1 saturated heterocycles. The fourth-order valence-corrected chi connectivity index (χ4v) is 2.70. The molecule has 0 aromatic carbocycles. The molecule has 3 rings (SSSR count). The van der Waals surface area contributed by atoms with Gasteiger partial charge in [-0.3, -0.25) is 9.97 Å². The fourth-order valence-electron chi connectivity index (χ4n) is 2.70. The molecule has 100 valence electrons. The van der Waals surface area contributed by atoms with Gasteiger partial charge < -0.3 is 10.2 Å². The summed E-state index contributed by atoms with van der Waals surface area (Å²) in [4.78, 5) is 11.5. The molecular formula is C15H20N4. The number of anilines is 1. The van der Waals surface area contributed by atoms with Gasteiger partial charge in [0.1, 0.15) is 0 Å². The van der Waals surface area contributed by atoms with Gasteiger partial charge in [-0.05, 0) is 45.0 Å². The van der Waals surface area contributed by atoms with Crippen LogP contribution >= 0.6 is 0 Å². The molecule has 19 heavy (non-hydrogen) atoms. The number of aromatic nitrogens is 2. The number of pyridine rings is 2. The summed E-state index contributed by atoms with van der Waals surface area (Å²) in [5, 5.41) is 3.36. The van der Waals surface area contributed by atoms with Gasteiger partial charge in [0.2, 0.25) is 0 Å². The van der Waals surface area contributed by atoms with E-state index in [4.69, 9.17) is 0 Å². The third kappa shape index (κ3) is 2.54. The molecule has 0 spiro atoms. The van der Waals surface area contributed by atoms with Gasteiger partial charge in [0.15, 0.2) is 0 Å². The lowest BCUT2D eigenvalue weighted by Crippen LogP contribution is -2.41. The Labute approximate surface area is 113 Å². The molecule has 0 aliphatic carbocycles. The lowest BCUT2D eigenvalue weighted by molar-refractivity contribution is 0.442. The SMILES string of the molecule is CNC1CCN(c2cnc3ccc(C)nc3c2)CC1. The summed E-state index contributed by atoms with van der Waals surface area (Å²) in [6.07, 6.45) is 4.35. The minimum Gasteiger partial charge on any atom is -0.370 e. The maximum absolute atomic E-state index is 4.56. The number of rotatable bonds is 2. The van der Waals surface area contributed by atoms with Gasteiger partial charge in [0, 0.05) is 24.8 Å².